The van der Waals surface area contributed by atoms with Crippen molar-refractivity contribution in [3.05, 3.63) is 22.8 Å². The average molecular weight is 270 g/mol. The van der Waals surface area contributed by atoms with Crippen molar-refractivity contribution in [3.8, 4) is 0 Å². The Morgan fingerprint density at radius 1 is 1.39 bits per heavy atom. The first-order chi connectivity index (χ1) is 8.33. The van der Waals surface area contributed by atoms with Crippen molar-refractivity contribution in [3.63, 3.8) is 0 Å². The van der Waals surface area contributed by atoms with E-state index < -0.39 is 0 Å². The summed E-state index contributed by atoms with van der Waals surface area (Å²) in [5, 5.41) is 4.15. The minimum absolute atomic E-state index is 0.101. The molecular weight excluding hydrogens is 246 g/mol. The summed E-state index contributed by atoms with van der Waals surface area (Å²) in [5.41, 5.74) is 1.22. The maximum atomic E-state index is 6.28. The molecule has 0 atom stereocenters. The van der Waals surface area contributed by atoms with E-state index in [0.29, 0.717) is 0 Å². The van der Waals surface area contributed by atoms with E-state index >= 15 is 0 Å². The van der Waals surface area contributed by atoms with E-state index in [1.165, 1.54) is 0 Å². The molecular formula is C14H24ClN3. The molecule has 0 aliphatic rings. The number of pyridine rings is 1. The molecule has 1 N–H and O–H groups in total. The quantitative estimate of drug-likeness (QED) is 0.887. The average Bonchev–Trinajstić information content (AvgIpc) is 2.25. The van der Waals surface area contributed by atoms with Crippen LogP contribution in [0.4, 0.5) is 5.82 Å². The monoisotopic (exact) mass is 269 g/mol. The fourth-order valence-electron chi connectivity index (χ4n) is 1.66. The molecule has 1 heterocycles. The summed E-state index contributed by atoms with van der Waals surface area (Å²) in [6.45, 7) is 10.3. The van der Waals surface area contributed by atoms with Crippen LogP contribution in [-0.4, -0.2) is 24.1 Å². The maximum absolute atomic E-state index is 6.28. The highest BCUT2D eigenvalue weighted by Gasteiger charge is 2.11. The topological polar surface area (TPSA) is 28.2 Å². The number of hydrogen-bond acceptors (Lipinski definition) is 3. The molecule has 0 aromatic carbocycles. The van der Waals surface area contributed by atoms with Gasteiger partial charge in [0.2, 0.25) is 0 Å². The third-order valence-electron chi connectivity index (χ3n) is 2.62. The molecule has 0 unspecified atom stereocenters. The molecule has 0 spiro atoms. The van der Waals surface area contributed by atoms with Crippen molar-refractivity contribution in [1.29, 1.82) is 0 Å². The molecule has 18 heavy (non-hydrogen) atoms. The van der Waals surface area contributed by atoms with Crippen molar-refractivity contribution in [2.24, 2.45) is 0 Å². The SMILES string of the molecule is CCCN(C)c1ncc(CNC(C)(C)C)cc1Cl. The summed E-state index contributed by atoms with van der Waals surface area (Å²) in [5.74, 6) is 0.859. The molecule has 0 amide bonds. The van der Waals surface area contributed by atoms with Gasteiger partial charge >= 0.3 is 0 Å². The van der Waals surface area contributed by atoms with E-state index in [2.05, 4.69) is 42.9 Å². The predicted octanol–water partition coefficient (Wildman–Crippen LogP) is 3.47. The van der Waals surface area contributed by atoms with Gasteiger partial charge in [-0.1, -0.05) is 18.5 Å². The largest absolute Gasteiger partial charge is 0.358 e. The van der Waals surface area contributed by atoms with E-state index in [1.54, 1.807) is 0 Å². The lowest BCUT2D eigenvalue weighted by Crippen LogP contribution is -2.35. The van der Waals surface area contributed by atoms with E-state index in [4.69, 9.17) is 11.6 Å². The van der Waals surface area contributed by atoms with Gasteiger partial charge in [0, 0.05) is 31.9 Å². The summed E-state index contributed by atoms with van der Waals surface area (Å²) in [6.07, 6.45) is 2.98. The molecule has 0 bridgehead atoms. The standard InChI is InChI=1S/C14H24ClN3/c1-6-7-18(5)13-12(15)8-11(9-16-13)10-17-14(2,3)4/h8-9,17H,6-7,10H2,1-5H3. The van der Waals surface area contributed by atoms with Gasteiger partial charge in [0.25, 0.3) is 0 Å². The number of anilines is 1. The molecule has 1 aromatic rings. The van der Waals surface area contributed by atoms with Crippen LogP contribution >= 0.6 is 11.6 Å². The molecule has 1 aromatic heterocycles. The first-order valence-electron chi connectivity index (χ1n) is 6.44. The first kappa shape index (κ1) is 15.3. The van der Waals surface area contributed by atoms with Crippen molar-refractivity contribution in [2.75, 3.05) is 18.5 Å². The van der Waals surface area contributed by atoms with Crippen molar-refractivity contribution in [1.82, 2.24) is 10.3 Å². The minimum Gasteiger partial charge on any atom is -0.358 e. The number of aromatic nitrogens is 1. The smallest absolute Gasteiger partial charge is 0.147 e. The predicted molar refractivity (Wildman–Crippen MR) is 79.4 cm³/mol. The summed E-state index contributed by atoms with van der Waals surface area (Å²) >= 11 is 6.28. The second-order valence-electron chi connectivity index (χ2n) is 5.67. The van der Waals surface area contributed by atoms with Gasteiger partial charge in [-0.2, -0.15) is 0 Å². The van der Waals surface area contributed by atoms with Gasteiger partial charge in [-0.05, 0) is 38.8 Å². The minimum atomic E-state index is 0.101. The van der Waals surface area contributed by atoms with Crippen molar-refractivity contribution < 1.29 is 0 Å². The molecule has 4 heteroatoms. The van der Waals surface area contributed by atoms with Crippen LogP contribution in [0.15, 0.2) is 12.3 Å². The molecule has 0 aliphatic carbocycles. The summed E-state index contributed by atoms with van der Waals surface area (Å²) in [6, 6.07) is 1.99. The third kappa shape index (κ3) is 4.83. The van der Waals surface area contributed by atoms with Crippen LogP contribution in [0.1, 0.15) is 39.7 Å². The van der Waals surface area contributed by atoms with Gasteiger partial charge in [-0.3, -0.25) is 0 Å². The lowest BCUT2D eigenvalue weighted by atomic mass is 10.1. The molecule has 1 rings (SSSR count). The maximum Gasteiger partial charge on any atom is 0.147 e. The van der Waals surface area contributed by atoms with Crippen molar-refractivity contribution >= 4 is 17.4 Å². The molecule has 0 saturated heterocycles. The number of nitrogens with one attached hydrogen (secondary N) is 1. The highest BCUT2D eigenvalue weighted by atomic mass is 35.5. The lowest BCUT2D eigenvalue weighted by molar-refractivity contribution is 0.424. The summed E-state index contributed by atoms with van der Waals surface area (Å²) in [4.78, 5) is 6.54. The molecule has 102 valence electrons. The Labute approximate surface area is 116 Å². The van der Waals surface area contributed by atoms with Crippen LogP contribution in [0.2, 0.25) is 5.02 Å². The third-order valence-corrected chi connectivity index (χ3v) is 2.90. The number of nitrogens with zero attached hydrogens (tertiary/aromatic N) is 2. The Bertz CT molecular complexity index is 385. The van der Waals surface area contributed by atoms with Crippen LogP contribution in [0.25, 0.3) is 0 Å². The molecule has 0 fully saturated rings. The zero-order valence-electron chi connectivity index (χ0n) is 12.0. The summed E-state index contributed by atoms with van der Waals surface area (Å²) in [7, 11) is 2.02. The van der Waals surface area contributed by atoms with E-state index in [9.17, 15) is 0 Å². The lowest BCUT2D eigenvalue weighted by Gasteiger charge is -2.22. The van der Waals surface area contributed by atoms with Crippen molar-refractivity contribution in [2.45, 2.75) is 46.2 Å². The zero-order chi connectivity index (χ0) is 13.8. The molecule has 0 aliphatic heterocycles. The second-order valence-corrected chi connectivity index (χ2v) is 6.08. The van der Waals surface area contributed by atoms with E-state index in [1.807, 2.05) is 19.3 Å². The Balaban J connectivity index is 2.73. The van der Waals surface area contributed by atoms with Gasteiger partial charge in [0.15, 0.2) is 0 Å². The normalized spacial score (nSPS) is 11.7. The second kappa shape index (κ2) is 6.39. The fourth-order valence-corrected chi connectivity index (χ4v) is 1.99. The Morgan fingerprint density at radius 2 is 2.06 bits per heavy atom. The van der Waals surface area contributed by atoms with Gasteiger partial charge < -0.3 is 10.2 Å². The Morgan fingerprint density at radius 3 is 2.56 bits per heavy atom. The van der Waals surface area contributed by atoms with Crippen LogP contribution < -0.4 is 10.2 Å². The summed E-state index contributed by atoms with van der Waals surface area (Å²) < 4.78 is 0. The molecule has 0 radical (unpaired) electrons. The Kier molecular flexibility index (Phi) is 5.42. The molecule has 0 saturated carbocycles. The number of hydrogen-bond donors (Lipinski definition) is 1. The van der Waals surface area contributed by atoms with Gasteiger partial charge in [0.1, 0.15) is 5.82 Å². The zero-order valence-corrected chi connectivity index (χ0v) is 12.8. The first-order valence-corrected chi connectivity index (χ1v) is 6.82. The highest BCUT2D eigenvalue weighted by Crippen LogP contribution is 2.23. The highest BCUT2D eigenvalue weighted by molar-refractivity contribution is 6.33. The van der Waals surface area contributed by atoms with Crippen LogP contribution in [0.3, 0.4) is 0 Å². The van der Waals surface area contributed by atoms with Crippen LogP contribution in [0.5, 0.6) is 0 Å². The van der Waals surface area contributed by atoms with Crippen LogP contribution in [-0.2, 0) is 6.54 Å². The van der Waals surface area contributed by atoms with E-state index in [0.717, 1.165) is 35.9 Å². The van der Waals surface area contributed by atoms with E-state index in [-0.39, 0.29) is 5.54 Å². The van der Waals surface area contributed by atoms with Gasteiger partial charge in [-0.15, -0.1) is 0 Å². The fraction of sp³-hybridized carbons (Fsp3) is 0.643. The molecule has 3 nitrogen and oxygen atoms in total. The number of rotatable bonds is 5. The van der Waals surface area contributed by atoms with Gasteiger partial charge in [-0.25, -0.2) is 4.98 Å². The van der Waals surface area contributed by atoms with Crippen LogP contribution in [0, 0.1) is 0 Å². The Hall–Kier alpha value is -0.800. The van der Waals surface area contributed by atoms with Gasteiger partial charge in [0.05, 0.1) is 5.02 Å². The number of halogens is 1.